The number of carboxylic acids is 1. The number of carbonyl (C=O) groups excluding carboxylic acids is 1. The van der Waals surface area contributed by atoms with Crippen molar-refractivity contribution in [2.24, 2.45) is 0 Å². The summed E-state index contributed by atoms with van der Waals surface area (Å²) in [6.45, 7) is 0. The minimum Gasteiger partial charge on any atom is -0.481 e. The summed E-state index contributed by atoms with van der Waals surface area (Å²) < 4.78 is 1.49. The first kappa shape index (κ1) is 14.0. The van der Waals surface area contributed by atoms with Crippen LogP contribution in [0.3, 0.4) is 0 Å². The molecule has 0 unspecified atom stereocenters. The maximum absolute atomic E-state index is 11.5. The topological polar surface area (TPSA) is 110 Å². The van der Waals surface area contributed by atoms with E-state index in [0.29, 0.717) is 11.5 Å². The Bertz CT molecular complexity index is 585. The van der Waals surface area contributed by atoms with E-state index in [4.69, 9.17) is 5.11 Å². The number of hydrogen-bond donors (Lipinski definition) is 2. The fourth-order valence-electron chi connectivity index (χ4n) is 1.35. The minimum atomic E-state index is -0.943. The van der Waals surface area contributed by atoms with Gasteiger partial charge in [0.25, 0.3) is 0 Å². The van der Waals surface area contributed by atoms with Gasteiger partial charge in [-0.25, -0.2) is 14.6 Å². The van der Waals surface area contributed by atoms with Crippen molar-refractivity contribution in [2.45, 2.75) is 0 Å². The summed E-state index contributed by atoms with van der Waals surface area (Å²) in [4.78, 5) is 29.8. The summed E-state index contributed by atoms with van der Waals surface area (Å²) in [7, 11) is 0. The predicted molar refractivity (Wildman–Crippen MR) is 72.7 cm³/mol. The Morgan fingerprint density at radius 2 is 2.20 bits per heavy atom. The molecule has 9 heteroatoms. The maximum Gasteiger partial charge on any atom is 0.313 e. The highest BCUT2D eigenvalue weighted by Crippen LogP contribution is 2.09. The second-order valence-corrected chi connectivity index (χ2v) is 4.67. The molecule has 2 rings (SSSR count). The summed E-state index contributed by atoms with van der Waals surface area (Å²) in [6, 6.07) is 3.37. The quantitative estimate of drug-likeness (QED) is 0.794. The molecule has 0 aliphatic heterocycles. The molecule has 0 aliphatic carbocycles. The van der Waals surface area contributed by atoms with Crippen molar-refractivity contribution in [1.82, 2.24) is 19.7 Å². The van der Waals surface area contributed by atoms with Crippen LogP contribution < -0.4 is 5.32 Å². The molecule has 0 aliphatic rings. The average molecular weight is 293 g/mol. The molecule has 0 atom stereocenters. The number of hydrogen-bond acceptors (Lipinski definition) is 6. The van der Waals surface area contributed by atoms with E-state index in [1.54, 1.807) is 12.1 Å². The fourth-order valence-corrected chi connectivity index (χ4v) is 1.88. The molecule has 8 nitrogen and oxygen atoms in total. The highest BCUT2D eigenvalue weighted by atomic mass is 32.2. The van der Waals surface area contributed by atoms with E-state index in [-0.39, 0.29) is 17.4 Å². The molecule has 2 heterocycles. The predicted octanol–water partition coefficient (Wildman–Crippen LogP) is 0.419. The van der Waals surface area contributed by atoms with Crippen LogP contribution in [0.1, 0.15) is 0 Å². The first-order valence-corrected chi connectivity index (χ1v) is 6.71. The summed E-state index contributed by atoms with van der Waals surface area (Å²) >= 11 is 1.04. The Hall–Kier alpha value is -2.42. The number of carboxylic acid groups (broad SMARTS) is 1. The van der Waals surface area contributed by atoms with Gasteiger partial charge in [-0.2, -0.15) is 5.10 Å². The van der Waals surface area contributed by atoms with Crippen LogP contribution in [0.2, 0.25) is 0 Å². The lowest BCUT2D eigenvalue weighted by atomic mass is 10.4. The maximum atomic E-state index is 11.5. The summed E-state index contributed by atoms with van der Waals surface area (Å²) in [5, 5.41) is 15.0. The Kier molecular flexibility index (Phi) is 4.66. The lowest BCUT2D eigenvalue weighted by Gasteiger charge is -2.05. The molecule has 0 saturated heterocycles. The molecule has 0 spiro atoms. The van der Waals surface area contributed by atoms with E-state index >= 15 is 0 Å². The number of carbonyl (C=O) groups is 2. The van der Waals surface area contributed by atoms with Crippen molar-refractivity contribution in [2.75, 3.05) is 16.8 Å². The number of aliphatic carboxylic acids is 1. The molecule has 0 bridgehead atoms. The molecule has 0 fully saturated rings. The molecule has 2 aromatic heterocycles. The van der Waals surface area contributed by atoms with Crippen molar-refractivity contribution >= 4 is 29.3 Å². The highest BCUT2D eigenvalue weighted by Gasteiger charge is 2.05. The molecule has 2 aromatic rings. The van der Waals surface area contributed by atoms with Crippen LogP contribution in [0.5, 0.6) is 0 Å². The molecule has 0 aromatic carbocycles. The van der Waals surface area contributed by atoms with E-state index in [1.807, 2.05) is 0 Å². The zero-order valence-electron chi connectivity index (χ0n) is 10.3. The van der Waals surface area contributed by atoms with Crippen LogP contribution in [0.15, 0.2) is 31.0 Å². The average Bonchev–Trinajstić information content (AvgIpc) is 2.93. The third kappa shape index (κ3) is 4.05. The molecule has 20 heavy (non-hydrogen) atoms. The van der Waals surface area contributed by atoms with E-state index < -0.39 is 5.97 Å². The normalized spacial score (nSPS) is 10.2. The number of nitrogens with one attached hydrogen (secondary N) is 1. The first-order valence-electron chi connectivity index (χ1n) is 5.55. The third-order valence-electron chi connectivity index (χ3n) is 2.14. The van der Waals surface area contributed by atoms with Gasteiger partial charge in [-0.1, -0.05) is 0 Å². The van der Waals surface area contributed by atoms with Crippen molar-refractivity contribution in [1.29, 1.82) is 0 Å². The zero-order chi connectivity index (χ0) is 14.4. The van der Waals surface area contributed by atoms with Crippen LogP contribution >= 0.6 is 11.8 Å². The van der Waals surface area contributed by atoms with Gasteiger partial charge in [-0.05, 0) is 12.1 Å². The van der Waals surface area contributed by atoms with Gasteiger partial charge < -0.3 is 10.4 Å². The van der Waals surface area contributed by atoms with E-state index in [0.717, 1.165) is 11.8 Å². The number of aromatic nitrogens is 4. The van der Waals surface area contributed by atoms with Crippen molar-refractivity contribution < 1.29 is 14.7 Å². The van der Waals surface area contributed by atoms with E-state index in [2.05, 4.69) is 20.4 Å². The van der Waals surface area contributed by atoms with Crippen molar-refractivity contribution in [3.63, 3.8) is 0 Å². The van der Waals surface area contributed by atoms with Crippen molar-refractivity contribution in [3.8, 4) is 5.82 Å². The largest absolute Gasteiger partial charge is 0.481 e. The van der Waals surface area contributed by atoms with E-state index in [9.17, 15) is 9.59 Å². The van der Waals surface area contributed by atoms with Crippen LogP contribution in [0.25, 0.3) is 5.82 Å². The van der Waals surface area contributed by atoms with Crippen LogP contribution in [-0.2, 0) is 9.59 Å². The van der Waals surface area contributed by atoms with Gasteiger partial charge in [-0.15, -0.1) is 11.8 Å². The minimum absolute atomic E-state index is 0.0805. The molecular weight excluding hydrogens is 282 g/mol. The Morgan fingerprint density at radius 1 is 1.35 bits per heavy atom. The zero-order valence-corrected chi connectivity index (χ0v) is 11.1. The number of amides is 1. The van der Waals surface area contributed by atoms with Gasteiger partial charge in [0.15, 0.2) is 5.82 Å². The molecule has 2 N–H and O–H groups in total. The second kappa shape index (κ2) is 6.66. The molecule has 0 radical (unpaired) electrons. The van der Waals surface area contributed by atoms with Gasteiger partial charge in [0.1, 0.15) is 12.7 Å². The van der Waals surface area contributed by atoms with Gasteiger partial charge >= 0.3 is 5.97 Å². The van der Waals surface area contributed by atoms with Crippen molar-refractivity contribution in [3.05, 3.63) is 31.0 Å². The van der Waals surface area contributed by atoms with Crippen LogP contribution in [0.4, 0.5) is 5.69 Å². The summed E-state index contributed by atoms with van der Waals surface area (Å²) in [5.41, 5.74) is 0.537. The first-order chi connectivity index (χ1) is 9.65. The summed E-state index contributed by atoms with van der Waals surface area (Å²) in [6.07, 6.45) is 4.41. The Labute approximate surface area is 118 Å². The van der Waals surface area contributed by atoms with Crippen LogP contribution in [0, 0.1) is 0 Å². The summed E-state index contributed by atoms with van der Waals surface area (Å²) in [5.74, 6) is -0.650. The molecular formula is C11H11N5O3S. The number of thioether (sulfide) groups is 1. The monoisotopic (exact) mass is 293 g/mol. The van der Waals surface area contributed by atoms with Gasteiger partial charge in [-0.3, -0.25) is 9.59 Å². The molecule has 1 amide bonds. The smallest absolute Gasteiger partial charge is 0.313 e. The Morgan fingerprint density at radius 3 is 2.80 bits per heavy atom. The lowest BCUT2D eigenvalue weighted by molar-refractivity contribution is -0.133. The highest BCUT2D eigenvalue weighted by molar-refractivity contribution is 8.00. The van der Waals surface area contributed by atoms with Gasteiger partial charge in [0, 0.05) is 0 Å². The fraction of sp³-hybridized carbons (Fsp3) is 0.182. The number of anilines is 1. The van der Waals surface area contributed by atoms with Gasteiger partial charge in [0.05, 0.1) is 23.4 Å². The second-order valence-electron chi connectivity index (χ2n) is 3.68. The van der Waals surface area contributed by atoms with Crippen LogP contribution in [-0.4, -0.2) is 48.2 Å². The molecule has 104 valence electrons. The third-order valence-corrected chi connectivity index (χ3v) is 3.06. The van der Waals surface area contributed by atoms with E-state index in [1.165, 1.54) is 23.5 Å². The number of pyridine rings is 1. The lowest BCUT2D eigenvalue weighted by Crippen LogP contribution is -2.15. The Balaban J connectivity index is 1.87. The van der Waals surface area contributed by atoms with Gasteiger partial charge in [0.2, 0.25) is 5.91 Å². The molecule has 0 saturated carbocycles. The number of nitrogens with zero attached hydrogens (tertiary/aromatic N) is 4. The number of rotatable bonds is 6. The standard InChI is InChI=1S/C11H11N5O3S/c17-10(4-20-5-11(18)19)15-8-1-2-9(13-3-8)16-7-12-6-14-16/h1-3,6-7H,4-5H2,(H,15,17)(H,18,19). The SMILES string of the molecule is O=C(O)CSCC(=O)Nc1ccc(-n2cncn2)nc1.